The Balaban J connectivity index is 1.53. The maximum Gasteiger partial charge on any atom is 0.251 e. The Labute approximate surface area is 155 Å². The highest BCUT2D eigenvalue weighted by molar-refractivity contribution is 9.10. The summed E-state index contributed by atoms with van der Waals surface area (Å²) in [5.41, 5.74) is 0.571. The summed E-state index contributed by atoms with van der Waals surface area (Å²) in [7, 11) is 0. The van der Waals surface area contributed by atoms with Gasteiger partial charge in [0.15, 0.2) is 0 Å². The third-order valence-electron chi connectivity index (χ3n) is 3.40. The zero-order valence-electron chi connectivity index (χ0n) is 13.8. The number of benzene rings is 2. The molecule has 0 unspecified atom stereocenters. The Bertz CT molecular complexity index is 675. The first-order valence-corrected chi connectivity index (χ1v) is 8.93. The summed E-state index contributed by atoms with van der Waals surface area (Å²) in [4.78, 5) is 23.6. The van der Waals surface area contributed by atoms with Gasteiger partial charge in [0.25, 0.3) is 5.91 Å². The van der Waals surface area contributed by atoms with Crippen molar-refractivity contribution < 1.29 is 14.3 Å². The highest BCUT2D eigenvalue weighted by Gasteiger charge is 2.06. The first kappa shape index (κ1) is 19.0. The molecule has 132 valence electrons. The van der Waals surface area contributed by atoms with Crippen LogP contribution in [0.25, 0.3) is 0 Å². The second kappa shape index (κ2) is 10.5. The molecule has 0 heterocycles. The molecule has 0 saturated heterocycles. The van der Waals surface area contributed by atoms with Crippen molar-refractivity contribution in [3.8, 4) is 5.75 Å². The molecule has 0 atom stereocenters. The summed E-state index contributed by atoms with van der Waals surface area (Å²) in [6.07, 6.45) is 0.980. The molecule has 2 N–H and O–H groups in total. The van der Waals surface area contributed by atoms with Crippen molar-refractivity contribution in [1.29, 1.82) is 0 Å². The molecular formula is C19H21BrN2O3. The Morgan fingerprint density at radius 2 is 1.64 bits per heavy atom. The fraction of sp³-hybridized carbons (Fsp3) is 0.263. The van der Waals surface area contributed by atoms with Gasteiger partial charge in [-0.25, -0.2) is 0 Å². The monoisotopic (exact) mass is 404 g/mol. The van der Waals surface area contributed by atoms with Crippen LogP contribution >= 0.6 is 15.9 Å². The molecule has 0 aromatic heterocycles. The molecule has 5 nitrogen and oxygen atoms in total. The van der Waals surface area contributed by atoms with Gasteiger partial charge < -0.3 is 15.4 Å². The topological polar surface area (TPSA) is 67.4 Å². The van der Waals surface area contributed by atoms with Crippen molar-refractivity contribution in [3.63, 3.8) is 0 Å². The number of carbonyl (C=O) groups excluding carboxylic acids is 2. The third-order valence-corrected chi connectivity index (χ3v) is 3.93. The number of carbonyl (C=O) groups is 2. The zero-order chi connectivity index (χ0) is 17.9. The Morgan fingerprint density at radius 1 is 0.920 bits per heavy atom. The van der Waals surface area contributed by atoms with E-state index in [1.807, 2.05) is 30.3 Å². The van der Waals surface area contributed by atoms with Crippen molar-refractivity contribution >= 4 is 27.7 Å². The Hall–Kier alpha value is -2.34. The number of ether oxygens (including phenoxy) is 1. The fourth-order valence-corrected chi connectivity index (χ4v) is 2.35. The fourth-order valence-electron chi connectivity index (χ4n) is 2.09. The van der Waals surface area contributed by atoms with Crippen molar-refractivity contribution in [2.24, 2.45) is 0 Å². The summed E-state index contributed by atoms with van der Waals surface area (Å²) < 4.78 is 6.46. The smallest absolute Gasteiger partial charge is 0.251 e. The molecule has 2 aromatic carbocycles. The van der Waals surface area contributed by atoms with Crippen LogP contribution in [0.3, 0.4) is 0 Å². The molecule has 0 saturated carbocycles. The van der Waals surface area contributed by atoms with Gasteiger partial charge in [-0.15, -0.1) is 0 Å². The largest absolute Gasteiger partial charge is 0.494 e. The zero-order valence-corrected chi connectivity index (χ0v) is 15.4. The molecule has 0 spiro atoms. The van der Waals surface area contributed by atoms with Crippen molar-refractivity contribution in [1.82, 2.24) is 10.6 Å². The number of hydrogen-bond donors (Lipinski definition) is 2. The van der Waals surface area contributed by atoms with E-state index in [0.29, 0.717) is 25.3 Å². The van der Waals surface area contributed by atoms with E-state index in [1.165, 1.54) is 0 Å². The number of hydrogen-bond acceptors (Lipinski definition) is 3. The van der Waals surface area contributed by atoms with E-state index >= 15 is 0 Å². The summed E-state index contributed by atoms with van der Waals surface area (Å²) in [6, 6.07) is 16.6. The van der Waals surface area contributed by atoms with Gasteiger partial charge in [0.1, 0.15) is 5.75 Å². The SMILES string of the molecule is O=C(CCNC(=O)c1ccc(Br)cc1)NCCCOc1ccccc1. The second-order valence-electron chi connectivity index (χ2n) is 5.38. The molecule has 0 radical (unpaired) electrons. The van der Waals surface area contributed by atoms with Crippen LogP contribution in [0.1, 0.15) is 23.2 Å². The van der Waals surface area contributed by atoms with Crippen molar-refractivity contribution in [2.45, 2.75) is 12.8 Å². The molecule has 0 fully saturated rings. The van der Waals surface area contributed by atoms with Crippen LogP contribution in [0, 0.1) is 0 Å². The third kappa shape index (κ3) is 7.39. The van der Waals surface area contributed by atoms with Gasteiger partial charge in [-0.2, -0.15) is 0 Å². The highest BCUT2D eigenvalue weighted by atomic mass is 79.9. The second-order valence-corrected chi connectivity index (χ2v) is 6.29. The number of rotatable bonds is 9. The Morgan fingerprint density at radius 3 is 2.36 bits per heavy atom. The van der Waals surface area contributed by atoms with Gasteiger partial charge >= 0.3 is 0 Å². The van der Waals surface area contributed by atoms with Gasteiger partial charge in [-0.1, -0.05) is 34.1 Å². The van der Waals surface area contributed by atoms with Crippen LogP contribution in [0.15, 0.2) is 59.1 Å². The number of halogens is 1. The summed E-state index contributed by atoms with van der Waals surface area (Å²) in [6.45, 7) is 1.40. The number of amides is 2. The van der Waals surface area contributed by atoms with E-state index in [-0.39, 0.29) is 18.2 Å². The molecule has 0 aliphatic rings. The van der Waals surface area contributed by atoms with Gasteiger partial charge in [-0.3, -0.25) is 9.59 Å². The van der Waals surface area contributed by atoms with Crippen LogP contribution in [0.5, 0.6) is 5.75 Å². The van der Waals surface area contributed by atoms with Crippen LogP contribution in [0.4, 0.5) is 0 Å². The molecule has 0 bridgehead atoms. The average Bonchev–Trinajstić information content (AvgIpc) is 2.63. The molecule has 2 rings (SSSR count). The number of nitrogens with one attached hydrogen (secondary N) is 2. The van der Waals surface area contributed by atoms with E-state index in [0.717, 1.165) is 16.6 Å². The molecule has 25 heavy (non-hydrogen) atoms. The van der Waals surface area contributed by atoms with E-state index in [9.17, 15) is 9.59 Å². The van der Waals surface area contributed by atoms with Crippen molar-refractivity contribution in [3.05, 3.63) is 64.6 Å². The molecule has 2 aromatic rings. The van der Waals surface area contributed by atoms with Gasteiger partial charge in [0, 0.05) is 29.5 Å². The standard InChI is InChI=1S/C19H21BrN2O3/c20-16-9-7-15(8-10-16)19(24)22-13-11-18(23)21-12-4-14-25-17-5-2-1-3-6-17/h1-3,5-10H,4,11-14H2,(H,21,23)(H,22,24). The van der Waals surface area contributed by atoms with E-state index in [2.05, 4.69) is 26.6 Å². The van der Waals surface area contributed by atoms with Crippen molar-refractivity contribution in [2.75, 3.05) is 19.7 Å². The van der Waals surface area contributed by atoms with Gasteiger partial charge in [0.05, 0.1) is 6.61 Å². The lowest BCUT2D eigenvalue weighted by molar-refractivity contribution is -0.120. The summed E-state index contributed by atoms with van der Waals surface area (Å²) >= 11 is 3.32. The first-order chi connectivity index (χ1) is 12.1. The average molecular weight is 405 g/mol. The molecule has 2 amide bonds. The van der Waals surface area contributed by atoms with E-state index in [4.69, 9.17) is 4.74 Å². The Kier molecular flexibility index (Phi) is 7.98. The summed E-state index contributed by atoms with van der Waals surface area (Å²) in [5, 5.41) is 5.55. The maximum absolute atomic E-state index is 11.9. The lowest BCUT2D eigenvalue weighted by Gasteiger charge is -2.08. The van der Waals surface area contributed by atoms with Crippen LogP contribution in [-0.2, 0) is 4.79 Å². The normalized spacial score (nSPS) is 10.1. The maximum atomic E-state index is 11.9. The van der Waals surface area contributed by atoms with E-state index in [1.54, 1.807) is 24.3 Å². The summed E-state index contributed by atoms with van der Waals surface area (Å²) in [5.74, 6) is 0.553. The van der Waals surface area contributed by atoms with Crippen LogP contribution in [0.2, 0.25) is 0 Å². The lowest BCUT2D eigenvalue weighted by Crippen LogP contribution is -2.31. The van der Waals surface area contributed by atoms with E-state index < -0.39 is 0 Å². The van der Waals surface area contributed by atoms with Gasteiger partial charge in [0.2, 0.25) is 5.91 Å². The minimum Gasteiger partial charge on any atom is -0.494 e. The minimum absolute atomic E-state index is 0.0872. The van der Waals surface area contributed by atoms with Gasteiger partial charge in [-0.05, 0) is 42.8 Å². The molecule has 0 aliphatic carbocycles. The predicted molar refractivity (Wildman–Crippen MR) is 101 cm³/mol. The molecule has 0 aliphatic heterocycles. The first-order valence-electron chi connectivity index (χ1n) is 8.13. The highest BCUT2D eigenvalue weighted by Crippen LogP contribution is 2.10. The predicted octanol–water partition coefficient (Wildman–Crippen LogP) is 3.15. The number of para-hydroxylation sites is 1. The van der Waals surface area contributed by atoms with Crippen LogP contribution in [-0.4, -0.2) is 31.5 Å². The lowest BCUT2D eigenvalue weighted by atomic mass is 10.2. The minimum atomic E-state index is -0.184. The molecular weight excluding hydrogens is 384 g/mol. The molecule has 6 heteroatoms. The van der Waals surface area contributed by atoms with Crippen LogP contribution < -0.4 is 15.4 Å². The quantitative estimate of drug-likeness (QED) is 0.630.